The summed E-state index contributed by atoms with van der Waals surface area (Å²) in [5.74, 6) is 0.902. The lowest BCUT2D eigenvalue weighted by Crippen LogP contribution is -2.30. The van der Waals surface area contributed by atoms with Crippen LogP contribution in [0.4, 0.5) is 0 Å². The van der Waals surface area contributed by atoms with Gasteiger partial charge in [-0.1, -0.05) is 37.2 Å². The number of rotatable bonds is 4. The molecular formula is C16H20N2O3S. The Bertz CT molecular complexity index is 738. The van der Waals surface area contributed by atoms with Crippen LogP contribution in [0.1, 0.15) is 50.1 Å². The molecular weight excluding hydrogens is 300 g/mol. The van der Waals surface area contributed by atoms with Gasteiger partial charge in [0.05, 0.1) is 16.6 Å². The Morgan fingerprint density at radius 1 is 1.27 bits per heavy atom. The van der Waals surface area contributed by atoms with Crippen LogP contribution in [0.2, 0.25) is 0 Å². The van der Waals surface area contributed by atoms with E-state index >= 15 is 0 Å². The lowest BCUT2D eigenvalue weighted by molar-refractivity contribution is 0.295. The predicted molar refractivity (Wildman–Crippen MR) is 82.9 cm³/mol. The maximum atomic E-state index is 12.8. The van der Waals surface area contributed by atoms with E-state index in [9.17, 15) is 8.42 Å². The monoisotopic (exact) mass is 320 g/mol. The first-order valence-corrected chi connectivity index (χ1v) is 8.97. The molecule has 0 N–H and O–H groups in total. The Labute approximate surface area is 131 Å². The Kier molecular flexibility index (Phi) is 4.06. The van der Waals surface area contributed by atoms with Crippen LogP contribution in [-0.4, -0.2) is 24.4 Å². The van der Waals surface area contributed by atoms with E-state index in [4.69, 9.17) is 4.52 Å². The number of aromatic nitrogens is 1. The van der Waals surface area contributed by atoms with Gasteiger partial charge in [0.2, 0.25) is 10.0 Å². The molecule has 0 saturated carbocycles. The first kappa shape index (κ1) is 15.2. The summed E-state index contributed by atoms with van der Waals surface area (Å²) in [6, 6.07) is 10.2. The van der Waals surface area contributed by atoms with Crippen molar-refractivity contribution in [1.29, 1.82) is 0 Å². The van der Waals surface area contributed by atoms with E-state index in [1.807, 2.05) is 26.0 Å². The van der Waals surface area contributed by atoms with Crippen molar-refractivity contribution in [3.05, 3.63) is 47.9 Å². The first-order chi connectivity index (χ1) is 10.5. The Morgan fingerprint density at radius 2 is 2.00 bits per heavy atom. The van der Waals surface area contributed by atoms with Crippen molar-refractivity contribution in [2.45, 2.75) is 43.5 Å². The molecule has 118 valence electrons. The van der Waals surface area contributed by atoms with Crippen LogP contribution >= 0.6 is 0 Å². The number of hydrogen-bond donors (Lipinski definition) is 0. The lowest BCUT2D eigenvalue weighted by atomic mass is 10.1. The molecule has 1 aliphatic rings. The van der Waals surface area contributed by atoms with Gasteiger partial charge in [-0.3, -0.25) is 0 Å². The zero-order chi connectivity index (χ0) is 15.7. The summed E-state index contributed by atoms with van der Waals surface area (Å²) in [7, 11) is -3.50. The van der Waals surface area contributed by atoms with E-state index in [0.29, 0.717) is 17.2 Å². The van der Waals surface area contributed by atoms with Gasteiger partial charge in [-0.25, -0.2) is 8.42 Å². The summed E-state index contributed by atoms with van der Waals surface area (Å²) in [6.07, 6.45) is 1.59. The van der Waals surface area contributed by atoms with Crippen molar-refractivity contribution < 1.29 is 12.9 Å². The Balaban J connectivity index is 1.93. The van der Waals surface area contributed by atoms with Crippen LogP contribution < -0.4 is 0 Å². The highest BCUT2D eigenvalue weighted by molar-refractivity contribution is 7.89. The number of nitrogens with zero attached hydrogens (tertiary/aromatic N) is 2. The second-order valence-electron chi connectivity index (χ2n) is 5.90. The van der Waals surface area contributed by atoms with Gasteiger partial charge in [-0.15, -0.1) is 0 Å². The quantitative estimate of drug-likeness (QED) is 0.867. The third-order valence-corrected chi connectivity index (χ3v) is 5.94. The van der Waals surface area contributed by atoms with Gasteiger partial charge < -0.3 is 4.52 Å². The second kappa shape index (κ2) is 5.85. The minimum absolute atomic E-state index is 0.259. The van der Waals surface area contributed by atoms with E-state index in [2.05, 4.69) is 5.16 Å². The summed E-state index contributed by atoms with van der Waals surface area (Å²) < 4.78 is 32.6. The van der Waals surface area contributed by atoms with Gasteiger partial charge in [-0.05, 0) is 30.9 Å². The van der Waals surface area contributed by atoms with Crippen molar-refractivity contribution in [3.63, 3.8) is 0 Å². The highest BCUT2D eigenvalue weighted by Crippen LogP contribution is 2.37. The highest BCUT2D eigenvalue weighted by atomic mass is 32.2. The summed E-state index contributed by atoms with van der Waals surface area (Å²) in [5, 5.41) is 4.05. The maximum Gasteiger partial charge on any atom is 0.243 e. The van der Waals surface area contributed by atoms with Gasteiger partial charge in [0.25, 0.3) is 0 Å². The SMILES string of the molecule is CC(C)c1cc([C@@H]2CCCN2S(=O)(=O)c2ccccc2)on1. The smallest absolute Gasteiger partial charge is 0.243 e. The van der Waals surface area contributed by atoms with E-state index in [1.165, 1.54) is 4.31 Å². The fraction of sp³-hybridized carbons (Fsp3) is 0.438. The predicted octanol–water partition coefficient (Wildman–Crippen LogP) is 3.32. The minimum atomic E-state index is -3.50. The molecule has 1 fully saturated rings. The van der Waals surface area contributed by atoms with Crippen molar-refractivity contribution in [1.82, 2.24) is 9.46 Å². The number of benzene rings is 1. The Hall–Kier alpha value is -1.66. The molecule has 0 bridgehead atoms. The third kappa shape index (κ3) is 2.68. The first-order valence-electron chi connectivity index (χ1n) is 7.53. The van der Waals surface area contributed by atoms with Crippen molar-refractivity contribution in [3.8, 4) is 0 Å². The second-order valence-corrected chi connectivity index (χ2v) is 7.79. The van der Waals surface area contributed by atoms with E-state index < -0.39 is 10.0 Å². The van der Waals surface area contributed by atoms with Crippen molar-refractivity contribution >= 4 is 10.0 Å². The van der Waals surface area contributed by atoms with E-state index in [0.717, 1.165) is 18.5 Å². The molecule has 6 heteroatoms. The highest BCUT2D eigenvalue weighted by Gasteiger charge is 2.38. The molecule has 2 heterocycles. The van der Waals surface area contributed by atoms with Crippen LogP contribution in [-0.2, 0) is 10.0 Å². The minimum Gasteiger partial charge on any atom is -0.359 e. The summed E-state index contributed by atoms with van der Waals surface area (Å²) in [5.41, 5.74) is 0.860. The topological polar surface area (TPSA) is 63.4 Å². The molecule has 0 aliphatic carbocycles. The van der Waals surface area contributed by atoms with Gasteiger partial charge in [-0.2, -0.15) is 4.31 Å². The molecule has 5 nitrogen and oxygen atoms in total. The largest absolute Gasteiger partial charge is 0.359 e. The summed E-state index contributed by atoms with van der Waals surface area (Å²) >= 11 is 0. The average Bonchev–Trinajstić information content (AvgIpc) is 3.17. The standard InChI is InChI=1S/C16H20N2O3S/c1-12(2)14-11-16(21-17-14)15-9-6-10-18(15)22(19,20)13-7-4-3-5-8-13/h3-5,7-8,11-12,15H,6,9-10H2,1-2H3/t15-/m0/s1. The van der Waals surface area contributed by atoms with Crippen LogP contribution in [0.15, 0.2) is 45.8 Å². The maximum absolute atomic E-state index is 12.8. The molecule has 1 aromatic heterocycles. The zero-order valence-electron chi connectivity index (χ0n) is 12.8. The molecule has 22 heavy (non-hydrogen) atoms. The van der Waals surface area contributed by atoms with Crippen LogP contribution in [0, 0.1) is 0 Å². The third-order valence-electron chi connectivity index (χ3n) is 4.02. The molecule has 0 amide bonds. The molecule has 2 aromatic rings. The normalized spacial score (nSPS) is 19.9. The Morgan fingerprint density at radius 3 is 2.64 bits per heavy atom. The molecule has 3 rings (SSSR count). The fourth-order valence-electron chi connectivity index (χ4n) is 2.77. The number of sulfonamides is 1. The average molecular weight is 320 g/mol. The summed E-state index contributed by atoms with van der Waals surface area (Å²) in [6.45, 7) is 4.59. The zero-order valence-corrected chi connectivity index (χ0v) is 13.6. The molecule has 0 unspecified atom stereocenters. The van der Waals surface area contributed by atoms with Gasteiger partial charge in [0.15, 0.2) is 5.76 Å². The number of hydrogen-bond acceptors (Lipinski definition) is 4. The van der Waals surface area contributed by atoms with Crippen molar-refractivity contribution in [2.24, 2.45) is 0 Å². The fourth-order valence-corrected chi connectivity index (χ4v) is 4.46. The lowest BCUT2D eigenvalue weighted by Gasteiger charge is -2.22. The van der Waals surface area contributed by atoms with E-state index in [-0.39, 0.29) is 12.0 Å². The van der Waals surface area contributed by atoms with Crippen LogP contribution in [0.25, 0.3) is 0 Å². The van der Waals surface area contributed by atoms with Crippen LogP contribution in [0.3, 0.4) is 0 Å². The van der Waals surface area contributed by atoms with Crippen molar-refractivity contribution in [2.75, 3.05) is 6.54 Å². The van der Waals surface area contributed by atoms with Gasteiger partial charge in [0, 0.05) is 12.6 Å². The van der Waals surface area contributed by atoms with Gasteiger partial charge in [0.1, 0.15) is 0 Å². The molecule has 1 atom stereocenters. The molecule has 1 aliphatic heterocycles. The summed E-state index contributed by atoms with van der Waals surface area (Å²) in [4.78, 5) is 0.325. The van der Waals surface area contributed by atoms with Gasteiger partial charge >= 0.3 is 0 Å². The molecule has 1 saturated heterocycles. The van der Waals surface area contributed by atoms with Crippen LogP contribution in [0.5, 0.6) is 0 Å². The molecule has 0 radical (unpaired) electrons. The van der Waals surface area contributed by atoms with E-state index in [1.54, 1.807) is 24.3 Å². The molecule has 0 spiro atoms. The molecule has 1 aromatic carbocycles.